The first-order chi connectivity index (χ1) is 14.9. The summed E-state index contributed by atoms with van der Waals surface area (Å²) in [6.45, 7) is 16.7. The number of hydrogen-bond donors (Lipinski definition) is 1. The Kier molecular flexibility index (Phi) is 7.04. The van der Waals surface area contributed by atoms with Gasteiger partial charge in [0.1, 0.15) is 0 Å². The molecule has 0 unspecified atom stereocenters. The van der Waals surface area contributed by atoms with E-state index < -0.39 is 0 Å². The molecule has 3 heterocycles. The number of aryl methyl sites for hydroxylation is 1. The number of likely N-dealkylation sites (tertiary alicyclic amines) is 1. The van der Waals surface area contributed by atoms with E-state index in [1.54, 1.807) is 0 Å². The Morgan fingerprint density at radius 1 is 1.19 bits per heavy atom. The molecule has 1 N–H and O–H groups in total. The maximum absolute atomic E-state index is 13.6. The van der Waals surface area contributed by atoms with E-state index in [9.17, 15) is 4.79 Å². The molecule has 7 nitrogen and oxygen atoms in total. The van der Waals surface area contributed by atoms with Crippen molar-refractivity contribution < 1.29 is 9.53 Å². The third-order valence-corrected chi connectivity index (χ3v) is 8.38. The Balaban J connectivity index is 1.42. The second kappa shape index (κ2) is 9.59. The van der Waals surface area contributed by atoms with Crippen LogP contribution in [0, 0.1) is 32.1 Å². The molecule has 3 aliphatic rings. The van der Waals surface area contributed by atoms with Gasteiger partial charge in [-0.15, -0.1) is 0 Å². The molecule has 2 saturated heterocycles. The SMILES string of the molecule is CCN1CC[C@@H]2C[C@@H](N3CCOCC3)CC[C@@]2(C(=O)NCCn2nc(C)c(C)c2C)C1. The molecule has 3 atom stereocenters. The van der Waals surface area contributed by atoms with Crippen LogP contribution in [-0.4, -0.2) is 84.0 Å². The number of aromatic nitrogens is 2. The molecule has 0 aromatic carbocycles. The van der Waals surface area contributed by atoms with E-state index in [1.165, 1.54) is 11.3 Å². The summed E-state index contributed by atoms with van der Waals surface area (Å²) < 4.78 is 7.60. The van der Waals surface area contributed by atoms with Crippen LogP contribution in [0.15, 0.2) is 0 Å². The van der Waals surface area contributed by atoms with Crippen molar-refractivity contribution in [1.82, 2.24) is 24.9 Å². The number of ether oxygens (including phenoxy) is 1. The second-order valence-electron chi connectivity index (χ2n) is 9.86. The molecule has 0 radical (unpaired) electrons. The summed E-state index contributed by atoms with van der Waals surface area (Å²) in [5.41, 5.74) is 3.29. The van der Waals surface area contributed by atoms with Crippen LogP contribution >= 0.6 is 0 Å². The number of amides is 1. The fourth-order valence-corrected chi connectivity index (χ4v) is 6.09. The molecular weight excluding hydrogens is 390 g/mol. The summed E-state index contributed by atoms with van der Waals surface area (Å²) in [6, 6.07) is 0.612. The van der Waals surface area contributed by atoms with E-state index in [4.69, 9.17) is 4.74 Å². The number of rotatable bonds is 6. The summed E-state index contributed by atoms with van der Waals surface area (Å²) in [4.78, 5) is 18.7. The zero-order valence-corrected chi connectivity index (χ0v) is 20.0. The largest absolute Gasteiger partial charge is 0.379 e. The number of hydrogen-bond acceptors (Lipinski definition) is 5. The molecule has 1 aromatic rings. The monoisotopic (exact) mass is 431 g/mol. The molecule has 1 saturated carbocycles. The minimum absolute atomic E-state index is 0.234. The van der Waals surface area contributed by atoms with Crippen LogP contribution < -0.4 is 5.32 Å². The van der Waals surface area contributed by atoms with E-state index in [1.807, 2.05) is 4.68 Å². The first-order valence-electron chi connectivity index (χ1n) is 12.3. The molecule has 31 heavy (non-hydrogen) atoms. The van der Waals surface area contributed by atoms with Crippen LogP contribution in [0.25, 0.3) is 0 Å². The number of nitrogens with zero attached hydrogens (tertiary/aromatic N) is 4. The number of carbonyl (C=O) groups is 1. The van der Waals surface area contributed by atoms with Gasteiger partial charge in [0.05, 0.1) is 30.9 Å². The normalized spacial score (nSPS) is 30.2. The molecule has 1 aromatic heterocycles. The summed E-state index contributed by atoms with van der Waals surface area (Å²) in [5.74, 6) is 0.752. The first kappa shape index (κ1) is 22.7. The summed E-state index contributed by atoms with van der Waals surface area (Å²) in [5, 5.41) is 7.95. The van der Waals surface area contributed by atoms with Crippen LogP contribution in [0.4, 0.5) is 0 Å². The average Bonchev–Trinajstić information content (AvgIpc) is 3.05. The van der Waals surface area contributed by atoms with Crippen LogP contribution in [-0.2, 0) is 16.1 Å². The second-order valence-corrected chi connectivity index (χ2v) is 9.86. The Bertz CT molecular complexity index is 772. The smallest absolute Gasteiger partial charge is 0.227 e. The van der Waals surface area contributed by atoms with Crippen LogP contribution in [0.5, 0.6) is 0 Å². The van der Waals surface area contributed by atoms with Gasteiger partial charge in [0.15, 0.2) is 0 Å². The average molecular weight is 432 g/mol. The number of nitrogens with one attached hydrogen (secondary N) is 1. The van der Waals surface area contributed by atoms with E-state index in [0.29, 0.717) is 18.5 Å². The fourth-order valence-electron chi connectivity index (χ4n) is 6.09. The van der Waals surface area contributed by atoms with Crippen molar-refractivity contribution in [2.75, 3.05) is 52.5 Å². The minimum atomic E-state index is -0.234. The number of piperidine rings is 1. The highest BCUT2D eigenvalue weighted by Gasteiger charge is 2.52. The number of fused-ring (bicyclic) bond motifs is 1. The van der Waals surface area contributed by atoms with Crippen LogP contribution in [0.1, 0.15) is 49.6 Å². The van der Waals surface area contributed by atoms with Gasteiger partial charge in [-0.1, -0.05) is 6.92 Å². The van der Waals surface area contributed by atoms with Crippen molar-refractivity contribution in [3.63, 3.8) is 0 Å². The summed E-state index contributed by atoms with van der Waals surface area (Å²) in [6.07, 6.45) is 4.42. The molecule has 1 aliphatic carbocycles. The predicted octanol–water partition coefficient (Wildman–Crippen LogP) is 2.14. The molecule has 1 amide bonds. The molecule has 174 valence electrons. The Labute approximate surface area is 187 Å². The van der Waals surface area contributed by atoms with Gasteiger partial charge in [0.2, 0.25) is 5.91 Å². The lowest BCUT2D eigenvalue weighted by Crippen LogP contribution is -2.61. The molecule has 2 aliphatic heterocycles. The van der Waals surface area contributed by atoms with Gasteiger partial charge >= 0.3 is 0 Å². The molecular formula is C24H41N5O2. The fraction of sp³-hybridized carbons (Fsp3) is 0.833. The summed E-state index contributed by atoms with van der Waals surface area (Å²) in [7, 11) is 0. The number of morpholine rings is 1. The molecule has 0 bridgehead atoms. The molecule has 7 heteroatoms. The highest BCUT2D eigenvalue weighted by Crippen LogP contribution is 2.47. The van der Waals surface area contributed by atoms with E-state index in [2.05, 4.69) is 47.9 Å². The van der Waals surface area contributed by atoms with Crippen molar-refractivity contribution in [1.29, 1.82) is 0 Å². The van der Waals surface area contributed by atoms with Crippen LogP contribution in [0.3, 0.4) is 0 Å². The van der Waals surface area contributed by atoms with Gasteiger partial charge in [-0.05, 0) is 71.0 Å². The molecule has 0 spiro atoms. The molecule has 3 fully saturated rings. The lowest BCUT2D eigenvalue weighted by Gasteiger charge is -2.53. The predicted molar refractivity (Wildman–Crippen MR) is 122 cm³/mol. The molecule has 4 rings (SSSR count). The van der Waals surface area contributed by atoms with Crippen molar-refractivity contribution in [3.05, 3.63) is 17.0 Å². The van der Waals surface area contributed by atoms with E-state index in [-0.39, 0.29) is 11.3 Å². The maximum atomic E-state index is 13.6. The quantitative estimate of drug-likeness (QED) is 0.748. The third-order valence-electron chi connectivity index (χ3n) is 8.38. The minimum Gasteiger partial charge on any atom is -0.379 e. The van der Waals surface area contributed by atoms with Gasteiger partial charge in [-0.3, -0.25) is 14.4 Å². The lowest BCUT2D eigenvalue weighted by atomic mass is 9.61. The van der Waals surface area contributed by atoms with E-state index in [0.717, 1.165) is 83.9 Å². The first-order valence-corrected chi connectivity index (χ1v) is 12.3. The van der Waals surface area contributed by atoms with E-state index >= 15 is 0 Å². The van der Waals surface area contributed by atoms with Gasteiger partial charge in [0.25, 0.3) is 0 Å². The van der Waals surface area contributed by atoms with Crippen molar-refractivity contribution in [2.45, 2.75) is 66.0 Å². The number of carbonyl (C=O) groups excluding carboxylic acids is 1. The highest BCUT2D eigenvalue weighted by atomic mass is 16.5. The van der Waals surface area contributed by atoms with Crippen molar-refractivity contribution in [2.24, 2.45) is 11.3 Å². The Morgan fingerprint density at radius 3 is 2.65 bits per heavy atom. The Morgan fingerprint density at radius 2 is 1.97 bits per heavy atom. The maximum Gasteiger partial charge on any atom is 0.227 e. The highest BCUT2D eigenvalue weighted by molar-refractivity contribution is 5.83. The van der Waals surface area contributed by atoms with Crippen LogP contribution in [0.2, 0.25) is 0 Å². The van der Waals surface area contributed by atoms with Gasteiger partial charge in [-0.25, -0.2) is 0 Å². The van der Waals surface area contributed by atoms with Crippen molar-refractivity contribution in [3.8, 4) is 0 Å². The zero-order chi connectivity index (χ0) is 22.0. The summed E-state index contributed by atoms with van der Waals surface area (Å²) >= 11 is 0. The van der Waals surface area contributed by atoms with Gasteiger partial charge < -0.3 is 15.0 Å². The Hall–Kier alpha value is -1.44. The standard InChI is InChI=1S/C24H41N5O2/c1-5-27-10-7-21-16-22(28-12-14-31-15-13-28)6-8-24(21,17-27)23(30)25-9-11-29-20(4)18(2)19(3)26-29/h21-22H,5-17H2,1-4H3,(H,25,30)/t21-,22+,24-/m1/s1. The lowest BCUT2D eigenvalue weighted by molar-refractivity contribution is -0.145. The van der Waals surface area contributed by atoms with Gasteiger partial charge in [0, 0.05) is 37.9 Å². The third kappa shape index (κ3) is 4.55. The zero-order valence-electron chi connectivity index (χ0n) is 20.0. The van der Waals surface area contributed by atoms with Gasteiger partial charge in [-0.2, -0.15) is 5.10 Å². The van der Waals surface area contributed by atoms with Crippen molar-refractivity contribution >= 4 is 5.91 Å². The topological polar surface area (TPSA) is 62.6 Å².